The number of halogens is 1. The number of hydrogen-bond donors (Lipinski definition) is 3. The first-order valence-electron chi connectivity index (χ1n) is 8.74. The molecular formula is C19H20ClN3O6S. The van der Waals surface area contributed by atoms with Gasteiger partial charge in [-0.2, -0.15) is 4.72 Å². The molecule has 0 aliphatic carbocycles. The van der Waals surface area contributed by atoms with E-state index in [1.807, 2.05) is 5.32 Å². The maximum atomic E-state index is 12.3. The summed E-state index contributed by atoms with van der Waals surface area (Å²) in [5.74, 6) is -1.86. The quantitative estimate of drug-likeness (QED) is 0.551. The molecule has 2 aromatic rings. The summed E-state index contributed by atoms with van der Waals surface area (Å²) in [4.78, 5) is 35.9. The van der Waals surface area contributed by atoms with Crippen LogP contribution in [0.2, 0.25) is 5.02 Å². The molecule has 0 fully saturated rings. The fourth-order valence-electron chi connectivity index (χ4n) is 2.19. The molecule has 0 aromatic heterocycles. The third-order valence-corrected chi connectivity index (χ3v) is 5.55. The fraction of sp³-hybridized carbons (Fsp3) is 0.211. The largest absolute Gasteiger partial charge is 0.451 e. The van der Waals surface area contributed by atoms with Gasteiger partial charge >= 0.3 is 12.0 Å². The van der Waals surface area contributed by atoms with Crippen molar-refractivity contribution in [1.82, 2.24) is 10.0 Å². The van der Waals surface area contributed by atoms with Crippen LogP contribution >= 0.6 is 11.6 Å². The first-order valence-corrected chi connectivity index (χ1v) is 10.6. The van der Waals surface area contributed by atoms with Gasteiger partial charge in [0, 0.05) is 10.7 Å². The van der Waals surface area contributed by atoms with E-state index < -0.39 is 40.1 Å². The molecule has 0 radical (unpaired) electrons. The summed E-state index contributed by atoms with van der Waals surface area (Å²) in [6.07, 6.45) is -1.33. The maximum Gasteiger partial charge on any atom is 0.325 e. The van der Waals surface area contributed by atoms with Gasteiger partial charge in [-0.1, -0.05) is 29.8 Å². The molecule has 160 valence electrons. The molecule has 3 amide bonds. The molecule has 0 unspecified atom stereocenters. The number of esters is 1. The highest BCUT2D eigenvalue weighted by molar-refractivity contribution is 7.89. The second kappa shape index (κ2) is 10.2. The second-order valence-electron chi connectivity index (χ2n) is 6.19. The van der Waals surface area contributed by atoms with Crippen LogP contribution in [0, 0.1) is 0 Å². The van der Waals surface area contributed by atoms with Crippen molar-refractivity contribution in [1.29, 1.82) is 0 Å². The predicted molar refractivity (Wildman–Crippen MR) is 110 cm³/mol. The number of ether oxygens (including phenoxy) is 1. The summed E-state index contributed by atoms with van der Waals surface area (Å²) in [7, 11) is -4.01. The van der Waals surface area contributed by atoms with Crippen molar-refractivity contribution in [3.63, 3.8) is 0 Å². The summed E-state index contributed by atoms with van der Waals surface area (Å²) in [5, 5.41) is 4.84. The molecule has 0 saturated carbocycles. The van der Waals surface area contributed by atoms with Crippen molar-refractivity contribution < 1.29 is 27.5 Å². The van der Waals surface area contributed by atoms with Crippen LogP contribution in [0.1, 0.15) is 13.8 Å². The highest BCUT2D eigenvalue weighted by Crippen LogP contribution is 2.14. The zero-order valence-corrected chi connectivity index (χ0v) is 17.7. The van der Waals surface area contributed by atoms with Crippen LogP contribution in [0.5, 0.6) is 0 Å². The Kier molecular flexibility index (Phi) is 7.93. The normalized spacial score (nSPS) is 13.0. The van der Waals surface area contributed by atoms with Crippen LogP contribution in [0.15, 0.2) is 59.5 Å². The van der Waals surface area contributed by atoms with Crippen molar-refractivity contribution in [2.45, 2.75) is 30.9 Å². The van der Waals surface area contributed by atoms with Gasteiger partial charge in [0.2, 0.25) is 10.0 Å². The molecule has 0 aliphatic heterocycles. The number of rotatable bonds is 7. The first kappa shape index (κ1) is 23.3. The van der Waals surface area contributed by atoms with Crippen molar-refractivity contribution in [3.8, 4) is 0 Å². The van der Waals surface area contributed by atoms with Crippen LogP contribution in [-0.4, -0.2) is 38.5 Å². The number of imide groups is 1. The fourth-order valence-corrected chi connectivity index (χ4v) is 3.51. The van der Waals surface area contributed by atoms with Gasteiger partial charge in [-0.05, 0) is 50.2 Å². The number of para-hydroxylation sites is 1. The minimum atomic E-state index is -4.01. The van der Waals surface area contributed by atoms with Gasteiger partial charge in [-0.3, -0.25) is 14.9 Å². The van der Waals surface area contributed by atoms with E-state index in [0.717, 1.165) is 0 Å². The Balaban J connectivity index is 1.88. The summed E-state index contributed by atoms with van der Waals surface area (Å²) in [6, 6.07) is 11.7. The Morgan fingerprint density at radius 3 is 2.17 bits per heavy atom. The highest BCUT2D eigenvalue weighted by atomic mass is 35.5. The lowest BCUT2D eigenvalue weighted by Gasteiger charge is -2.17. The number of sulfonamides is 1. The van der Waals surface area contributed by atoms with E-state index in [2.05, 4.69) is 10.0 Å². The van der Waals surface area contributed by atoms with Gasteiger partial charge in [0.1, 0.15) is 6.04 Å². The second-order valence-corrected chi connectivity index (χ2v) is 8.34. The van der Waals surface area contributed by atoms with Gasteiger partial charge in [-0.15, -0.1) is 0 Å². The molecule has 3 N–H and O–H groups in total. The minimum absolute atomic E-state index is 0.0880. The Morgan fingerprint density at radius 2 is 1.57 bits per heavy atom. The van der Waals surface area contributed by atoms with Crippen LogP contribution in [0.4, 0.5) is 10.5 Å². The monoisotopic (exact) mass is 453 g/mol. The van der Waals surface area contributed by atoms with E-state index in [1.54, 1.807) is 30.3 Å². The van der Waals surface area contributed by atoms with Crippen LogP contribution < -0.4 is 15.4 Å². The number of urea groups is 1. The molecule has 0 saturated heterocycles. The number of anilines is 1. The van der Waals surface area contributed by atoms with Gasteiger partial charge < -0.3 is 10.1 Å². The van der Waals surface area contributed by atoms with Gasteiger partial charge in [0.15, 0.2) is 6.10 Å². The number of carbonyl (C=O) groups is 3. The standard InChI is InChI=1S/C19H20ClN3O6S/c1-12(23-30(27,28)16-10-8-14(20)9-11-16)18(25)29-13(2)17(24)22-19(26)21-15-6-4-3-5-7-15/h3-13,23H,1-2H3,(H2,21,22,24,26)/t12-,13-/m0/s1. The Morgan fingerprint density at radius 1 is 0.967 bits per heavy atom. The zero-order valence-electron chi connectivity index (χ0n) is 16.1. The molecule has 30 heavy (non-hydrogen) atoms. The SMILES string of the molecule is C[C@H](NS(=O)(=O)c1ccc(Cl)cc1)C(=O)O[C@@H](C)C(=O)NC(=O)Nc1ccccc1. The van der Waals surface area contributed by atoms with Gasteiger partial charge in [0.05, 0.1) is 4.90 Å². The predicted octanol–water partition coefficient (Wildman–Crippen LogP) is 2.29. The third kappa shape index (κ3) is 6.83. The number of benzene rings is 2. The highest BCUT2D eigenvalue weighted by Gasteiger charge is 2.27. The summed E-state index contributed by atoms with van der Waals surface area (Å²) >= 11 is 5.73. The lowest BCUT2D eigenvalue weighted by molar-refractivity contribution is -0.155. The van der Waals surface area contributed by atoms with E-state index in [-0.39, 0.29) is 4.90 Å². The average molecular weight is 454 g/mol. The smallest absolute Gasteiger partial charge is 0.325 e. The molecule has 11 heteroatoms. The van der Waals surface area contributed by atoms with Crippen molar-refractivity contribution in [3.05, 3.63) is 59.6 Å². The molecular weight excluding hydrogens is 434 g/mol. The van der Waals surface area contributed by atoms with Gasteiger partial charge in [-0.25, -0.2) is 13.2 Å². The minimum Gasteiger partial charge on any atom is -0.451 e. The van der Waals surface area contributed by atoms with Crippen molar-refractivity contribution in [2.24, 2.45) is 0 Å². The number of amides is 3. The summed E-state index contributed by atoms with van der Waals surface area (Å²) in [5.41, 5.74) is 0.470. The van der Waals surface area contributed by atoms with Crippen LogP contribution in [-0.2, 0) is 24.3 Å². The molecule has 0 heterocycles. The Bertz CT molecular complexity index is 1010. The van der Waals surface area contributed by atoms with Gasteiger partial charge in [0.25, 0.3) is 5.91 Å². The molecule has 2 aromatic carbocycles. The van der Waals surface area contributed by atoms with Crippen LogP contribution in [0.25, 0.3) is 0 Å². The van der Waals surface area contributed by atoms with E-state index in [0.29, 0.717) is 10.7 Å². The molecule has 0 bridgehead atoms. The maximum absolute atomic E-state index is 12.3. The summed E-state index contributed by atoms with van der Waals surface area (Å²) < 4.78 is 31.7. The van der Waals surface area contributed by atoms with Crippen LogP contribution in [0.3, 0.4) is 0 Å². The number of hydrogen-bond acceptors (Lipinski definition) is 6. The lowest BCUT2D eigenvalue weighted by Crippen LogP contribution is -2.45. The van der Waals surface area contributed by atoms with E-state index in [4.69, 9.17) is 16.3 Å². The molecule has 2 rings (SSSR count). The van der Waals surface area contributed by atoms with Crippen molar-refractivity contribution >= 4 is 45.2 Å². The zero-order chi connectivity index (χ0) is 22.3. The summed E-state index contributed by atoms with van der Waals surface area (Å²) in [6.45, 7) is 2.52. The molecule has 0 spiro atoms. The average Bonchev–Trinajstić information content (AvgIpc) is 2.68. The molecule has 9 nitrogen and oxygen atoms in total. The molecule has 0 aliphatic rings. The number of nitrogens with one attached hydrogen (secondary N) is 3. The Hall–Kier alpha value is -2.95. The topological polar surface area (TPSA) is 131 Å². The first-order chi connectivity index (χ1) is 14.1. The lowest BCUT2D eigenvalue weighted by atomic mass is 10.3. The van der Waals surface area contributed by atoms with Crippen molar-refractivity contribution in [2.75, 3.05) is 5.32 Å². The van der Waals surface area contributed by atoms with E-state index >= 15 is 0 Å². The van der Waals surface area contributed by atoms with E-state index in [1.165, 1.54) is 38.1 Å². The Labute approximate surface area is 178 Å². The number of carbonyl (C=O) groups excluding carboxylic acids is 3. The third-order valence-electron chi connectivity index (χ3n) is 3.74. The van der Waals surface area contributed by atoms with E-state index in [9.17, 15) is 22.8 Å². The molecule has 2 atom stereocenters.